The zero-order chi connectivity index (χ0) is 20.7. The normalized spacial score (nSPS) is 11.7. The Hall–Kier alpha value is -2.47. The van der Waals surface area contributed by atoms with E-state index in [1.54, 1.807) is 25.2 Å². The van der Waals surface area contributed by atoms with Crippen molar-refractivity contribution >= 4 is 10.0 Å². The summed E-state index contributed by atoms with van der Waals surface area (Å²) in [6.45, 7) is 3.80. The van der Waals surface area contributed by atoms with Crippen LogP contribution in [-0.4, -0.2) is 19.8 Å². The van der Waals surface area contributed by atoms with Crippen LogP contribution in [0, 0.1) is 0 Å². The second-order valence-corrected chi connectivity index (χ2v) is 9.16. The summed E-state index contributed by atoms with van der Waals surface area (Å²) in [5.41, 5.74) is 4.37. The molecule has 0 unspecified atom stereocenters. The molecule has 0 atom stereocenters. The molecule has 0 amide bonds. The molecular formula is C24H28N2O2S. The maximum atomic E-state index is 13.1. The minimum Gasteiger partial charge on any atom is -0.309 e. The molecule has 3 rings (SSSR count). The predicted molar refractivity (Wildman–Crippen MR) is 118 cm³/mol. The van der Waals surface area contributed by atoms with Crippen molar-refractivity contribution in [2.75, 3.05) is 7.05 Å². The predicted octanol–water partition coefficient (Wildman–Crippen LogP) is 4.36. The first kappa shape index (κ1) is 21.2. The van der Waals surface area contributed by atoms with Crippen LogP contribution in [-0.2, 0) is 36.1 Å². The lowest BCUT2D eigenvalue weighted by molar-refractivity contribution is 0.465. The van der Waals surface area contributed by atoms with Crippen molar-refractivity contribution in [3.63, 3.8) is 0 Å². The molecule has 0 aliphatic rings. The maximum Gasteiger partial charge on any atom is 0.243 e. The number of aryl methyl sites for hydroxylation is 1. The molecule has 0 aliphatic heterocycles. The summed E-state index contributed by atoms with van der Waals surface area (Å²) in [5.74, 6) is 0. The Morgan fingerprint density at radius 1 is 0.793 bits per heavy atom. The van der Waals surface area contributed by atoms with Crippen LogP contribution < -0.4 is 5.32 Å². The highest BCUT2D eigenvalue weighted by atomic mass is 32.2. The summed E-state index contributed by atoms with van der Waals surface area (Å²) in [4.78, 5) is 0.327. The number of hydrogen-bond donors (Lipinski definition) is 1. The zero-order valence-electron chi connectivity index (χ0n) is 17.0. The van der Waals surface area contributed by atoms with Gasteiger partial charge in [0.25, 0.3) is 0 Å². The highest BCUT2D eigenvalue weighted by Gasteiger charge is 2.21. The highest BCUT2D eigenvalue weighted by Crippen LogP contribution is 2.20. The summed E-state index contributed by atoms with van der Waals surface area (Å²) in [6.07, 6.45) is 0.882. The van der Waals surface area contributed by atoms with Crippen molar-refractivity contribution in [1.82, 2.24) is 9.62 Å². The fourth-order valence-corrected chi connectivity index (χ4v) is 4.54. The highest BCUT2D eigenvalue weighted by molar-refractivity contribution is 7.89. The molecule has 3 aromatic carbocycles. The van der Waals surface area contributed by atoms with E-state index in [9.17, 15) is 8.42 Å². The average Bonchev–Trinajstić information content (AvgIpc) is 2.75. The Morgan fingerprint density at radius 2 is 1.41 bits per heavy atom. The largest absolute Gasteiger partial charge is 0.309 e. The van der Waals surface area contributed by atoms with E-state index in [-0.39, 0.29) is 0 Å². The first-order chi connectivity index (χ1) is 14.0. The standard InChI is InChI=1S/C24H28N2O2S/c1-3-22-13-7-8-14-23(22)19-26(2)29(27,28)24-15-9-12-21(16-24)18-25-17-20-10-5-4-6-11-20/h4-16,25H,3,17-19H2,1-2H3. The lowest BCUT2D eigenvalue weighted by Crippen LogP contribution is -2.27. The number of rotatable bonds is 9. The Morgan fingerprint density at radius 3 is 2.14 bits per heavy atom. The van der Waals surface area contributed by atoms with E-state index in [2.05, 4.69) is 30.4 Å². The minimum atomic E-state index is -3.56. The van der Waals surface area contributed by atoms with E-state index in [4.69, 9.17) is 0 Å². The number of sulfonamides is 1. The van der Waals surface area contributed by atoms with Gasteiger partial charge in [-0.2, -0.15) is 4.31 Å². The average molecular weight is 409 g/mol. The van der Waals surface area contributed by atoms with Crippen molar-refractivity contribution < 1.29 is 8.42 Å². The summed E-state index contributed by atoms with van der Waals surface area (Å²) in [5, 5.41) is 3.37. The van der Waals surface area contributed by atoms with Crippen molar-refractivity contribution in [3.8, 4) is 0 Å². The van der Waals surface area contributed by atoms with Crippen molar-refractivity contribution in [1.29, 1.82) is 0 Å². The number of nitrogens with zero attached hydrogens (tertiary/aromatic N) is 1. The van der Waals surface area contributed by atoms with Crippen LogP contribution in [0.4, 0.5) is 0 Å². The van der Waals surface area contributed by atoms with E-state index in [0.717, 1.165) is 24.1 Å². The summed E-state index contributed by atoms with van der Waals surface area (Å²) < 4.78 is 27.6. The third-order valence-corrected chi connectivity index (χ3v) is 6.80. The third kappa shape index (κ3) is 5.54. The van der Waals surface area contributed by atoms with Crippen LogP contribution in [0.5, 0.6) is 0 Å². The topological polar surface area (TPSA) is 49.4 Å². The van der Waals surface area contributed by atoms with Crippen molar-refractivity contribution in [3.05, 3.63) is 101 Å². The van der Waals surface area contributed by atoms with E-state index in [0.29, 0.717) is 18.0 Å². The Balaban J connectivity index is 1.69. The molecule has 0 aromatic heterocycles. The Bertz CT molecular complexity index is 1030. The van der Waals surface area contributed by atoms with E-state index in [1.165, 1.54) is 15.4 Å². The van der Waals surface area contributed by atoms with Crippen LogP contribution in [0.25, 0.3) is 0 Å². The number of hydrogen-bond acceptors (Lipinski definition) is 3. The molecule has 4 nitrogen and oxygen atoms in total. The zero-order valence-corrected chi connectivity index (χ0v) is 17.8. The van der Waals surface area contributed by atoms with Gasteiger partial charge in [0, 0.05) is 26.7 Å². The van der Waals surface area contributed by atoms with Gasteiger partial charge in [0.05, 0.1) is 4.90 Å². The SMILES string of the molecule is CCc1ccccc1CN(C)S(=O)(=O)c1cccc(CNCc2ccccc2)c1. The van der Waals surface area contributed by atoms with E-state index >= 15 is 0 Å². The quantitative estimate of drug-likeness (QED) is 0.572. The van der Waals surface area contributed by atoms with Gasteiger partial charge in [0.15, 0.2) is 0 Å². The molecule has 29 heavy (non-hydrogen) atoms. The van der Waals surface area contributed by atoms with Crippen LogP contribution >= 0.6 is 0 Å². The summed E-state index contributed by atoms with van der Waals surface area (Å²) >= 11 is 0. The molecular weight excluding hydrogens is 380 g/mol. The summed E-state index contributed by atoms with van der Waals surface area (Å²) in [7, 11) is -1.92. The fourth-order valence-electron chi connectivity index (χ4n) is 3.32. The lowest BCUT2D eigenvalue weighted by atomic mass is 10.1. The molecule has 0 radical (unpaired) electrons. The van der Waals surface area contributed by atoms with Crippen LogP contribution in [0.1, 0.15) is 29.2 Å². The molecule has 0 fully saturated rings. The van der Waals surface area contributed by atoms with Gasteiger partial charge in [-0.25, -0.2) is 8.42 Å². The van der Waals surface area contributed by atoms with Crippen molar-refractivity contribution in [2.45, 2.75) is 37.9 Å². The smallest absolute Gasteiger partial charge is 0.243 e. The van der Waals surface area contributed by atoms with Gasteiger partial charge in [-0.05, 0) is 40.8 Å². The van der Waals surface area contributed by atoms with E-state index < -0.39 is 10.0 Å². The maximum absolute atomic E-state index is 13.1. The summed E-state index contributed by atoms with van der Waals surface area (Å²) in [6, 6.07) is 25.3. The van der Waals surface area contributed by atoms with Gasteiger partial charge in [-0.3, -0.25) is 0 Å². The first-order valence-electron chi connectivity index (χ1n) is 9.87. The second-order valence-electron chi connectivity index (χ2n) is 7.12. The van der Waals surface area contributed by atoms with Crippen molar-refractivity contribution in [2.24, 2.45) is 0 Å². The Labute approximate surface area is 174 Å². The van der Waals surface area contributed by atoms with Crippen LogP contribution in [0.3, 0.4) is 0 Å². The number of nitrogens with one attached hydrogen (secondary N) is 1. The third-order valence-electron chi connectivity index (χ3n) is 5.00. The van der Waals surface area contributed by atoms with Gasteiger partial charge in [-0.1, -0.05) is 73.7 Å². The van der Waals surface area contributed by atoms with Gasteiger partial charge >= 0.3 is 0 Å². The van der Waals surface area contributed by atoms with Gasteiger partial charge in [-0.15, -0.1) is 0 Å². The monoisotopic (exact) mass is 408 g/mol. The second kappa shape index (κ2) is 9.83. The lowest BCUT2D eigenvalue weighted by Gasteiger charge is -2.19. The molecule has 3 aromatic rings. The molecule has 0 heterocycles. The first-order valence-corrected chi connectivity index (χ1v) is 11.3. The van der Waals surface area contributed by atoms with Gasteiger partial charge in [0.2, 0.25) is 10.0 Å². The fraction of sp³-hybridized carbons (Fsp3) is 0.250. The molecule has 152 valence electrons. The molecule has 0 saturated heterocycles. The molecule has 0 spiro atoms. The minimum absolute atomic E-state index is 0.327. The Kier molecular flexibility index (Phi) is 7.20. The van der Waals surface area contributed by atoms with E-state index in [1.807, 2.05) is 42.5 Å². The molecule has 5 heteroatoms. The van der Waals surface area contributed by atoms with Crippen LogP contribution in [0.15, 0.2) is 83.8 Å². The van der Waals surface area contributed by atoms with Gasteiger partial charge < -0.3 is 5.32 Å². The number of benzene rings is 3. The van der Waals surface area contributed by atoms with Crippen LogP contribution in [0.2, 0.25) is 0 Å². The molecule has 1 N–H and O–H groups in total. The van der Waals surface area contributed by atoms with Gasteiger partial charge in [0.1, 0.15) is 0 Å². The molecule has 0 aliphatic carbocycles. The molecule has 0 bridgehead atoms. The molecule has 0 saturated carbocycles.